The first-order chi connectivity index (χ1) is 19.0. The Balaban J connectivity index is 1.54. The summed E-state index contributed by atoms with van der Waals surface area (Å²) in [5.74, 6) is 0.270. The Labute approximate surface area is 229 Å². The van der Waals surface area contributed by atoms with Crippen molar-refractivity contribution in [2.24, 2.45) is 0 Å². The Morgan fingerprint density at radius 3 is 2.42 bits per heavy atom. The molecule has 40 heavy (non-hydrogen) atoms. The van der Waals surface area contributed by atoms with Gasteiger partial charge in [0.25, 0.3) is 10.0 Å². The summed E-state index contributed by atoms with van der Waals surface area (Å²) in [5.41, 5.74) is 1.39. The summed E-state index contributed by atoms with van der Waals surface area (Å²) in [4.78, 5) is 12.0. The fourth-order valence-corrected chi connectivity index (χ4v) is 5.50. The van der Waals surface area contributed by atoms with Gasteiger partial charge in [-0.3, -0.25) is 0 Å². The maximum atomic E-state index is 13.7. The average molecular weight is 571 g/mol. The lowest BCUT2D eigenvalue weighted by Gasteiger charge is -2.29. The SMILES string of the molecule is CC(C)Oc1ccc(-c2cc(C(F)(F)F)ccc2[C@@H]2CCOc3cc(S(=O)(=O)Nc4ncccn4)ccc32)cn1. The number of halogens is 3. The number of nitrogens with one attached hydrogen (secondary N) is 1. The second-order valence-electron chi connectivity index (χ2n) is 9.42. The third kappa shape index (κ3) is 5.86. The van der Waals surface area contributed by atoms with Gasteiger partial charge in [-0.15, -0.1) is 0 Å². The van der Waals surface area contributed by atoms with Crippen molar-refractivity contribution in [1.29, 1.82) is 0 Å². The van der Waals surface area contributed by atoms with E-state index in [9.17, 15) is 21.6 Å². The van der Waals surface area contributed by atoms with Crippen molar-refractivity contribution in [3.63, 3.8) is 0 Å². The quantitative estimate of drug-likeness (QED) is 0.288. The minimum atomic E-state index is -4.53. The molecular formula is C28H25F3N4O4S. The van der Waals surface area contributed by atoms with Crippen molar-refractivity contribution in [3.05, 3.63) is 89.9 Å². The molecule has 12 heteroatoms. The molecule has 4 aromatic rings. The lowest BCUT2D eigenvalue weighted by atomic mass is 9.82. The number of hydrogen-bond donors (Lipinski definition) is 1. The van der Waals surface area contributed by atoms with Crippen LogP contribution in [0.3, 0.4) is 0 Å². The van der Waals surface area contributed by atoms with E-state index >= 15 is 0 Å². The fraction of sp³-hybridized carbons (Fsp3) is 0.250. The maximum Gasteiger partial charge on any atom is 0.416 e. The number of pyridine rings is 1. The highest BCUT2D eigenvalue weighted by atomic mass is 32.2. The van der Waals surface area contributed by atoms with E-state index in [4.69, 9.17) is 9.47 Å². The van der Waals surface area contributed by atoms with Gasteiger partial charge in [-0.05, 0) is 61.7 Å². The molecule has 0 bridgehead atoms. The second-order valence-corrected chi connectivity index (χ2v) is 11.1. The van der Waals surface area contributed by atoms with Gasteiger partial charge in [0, 0.05) is 47.8 Å². The van der Waals surface area contributed by atoms with E-state index in [2.05, 4.69) is 19.7 Å². The van der Waals surface area contributed by atoms with Crippen LogP contribution in [0, 0.1) is 0 Å². The summed E-state index contributed by atoms with van der Waals surface area (Å²) >= 11 is 0. The summed E-state index contributed by atoms with van der Waals surface area (Å²) in [6.07, 6.45) is 0.152. The summed E-state index contributed by atoms with van der Waals surface area (Å²) in [6, 6.07) is 13.0. The number of rotatable bonds is 7. The van der Waals surface area contributed by atoms with Gasteiger partial charge in [-0.1, -0.05) is 12.1 Å². The number of sulfonamides is 1. The number of fused-ring (bicyclic) bond motifs is 1. The molecule has 8 nitrogen and oxygen atoms in total. The van der Waals surface area contributed by atoms with Gasteiger partial charge >= 0.3 is 6.18 Å². The molecule has 0 aliphatic carbocycles. The molecule has 0 amide bonds. The van der Waals surface area contributed by atoms with Crippen LogP contribution in [-0.2, 0) is 16.2 Å². The topological polar surface area (TPSA) is 103 Å². The molecule has 0 spiro atoms. The zero-order valence-corrected chi connectivity index (χ0v) is 22.3. The van der Waals surface area contributed by atoms with E-state index < -0.39 is 21.8 Å². The van der Waals surface area contributed by atoms with Crippen LogP contribution in [-0.4, -0.2) is 36.1 Å². The molecule has 1 aliphatic rings. The fourth-order valence-electron chi connectivity index (χ4n) is 4.53. The molecule has 2 aromatic heterocycles. The third-order valence-corrected chi connectivity index (χ3v) is 7.61. The van der Waals surface area contributed by atoms with E-state index in [1.54, 1.807) is 24.3 Å². The van der Waals surface area contributed by atoms with Crippen molar-refractivity contribution < 1.29 is 31.1 Å². The summed E-state index contributed by atoms with van der Waals surface area (Å²) in [7, 11) is -4.02. The van der Waals surface area contributed by atoms with E-state index in [1.165, 1.54) is 36.8 Å². The monoisotopic (exact) mass is 570 g/mol. The number of aromatic nitrogens is 3. The Morgan fingerprint density at radius 2 is 1.75 bits per heavy atom. The standard InChI is InChI=1S/C28H25F3N4O4S/c1-17(2)39-26-9-4-18(16-34-26)24-14-19(28(29,30)31)5-7-21(24)22-10-13-38-25-15-20(6-8-23(22)25)40(36,37)35-27-32-11-3-12-33-27/h3-9,11-12,14-17,22H,10,13H2,1-2H3,(H,32,33,35)/t22-/m0/s1. The van der Waals surface area contributed by atoms with Gasteiger partial charge in [0.1, 0.15) is 5.75 Å². The predicted molar refractivity (Wildman–Crippen MR) is 142 cm³/mol. The van der Waals surface area contributed by atoms with Gasteiger partial charge in [0.2, 0.25) is 11.8 Å². The molecule has 0 radical (unpaired) electrons. The summed E-state index contributed by atoms with van der Waals surface area (Å²) in [5, 5.41) is 0. The van der Waals surface area contributed by atoms with Crippen molar-refractivity contribution in [1.82, 2.24) is 15.0 Å². The Kier molecular flexibility index (Phi) is 7.37. The number of ether oxygens (including phenoxy) is 2. The number of hydrogen-bond acceptors (Lipinski definition) is 7. The van der Waals surface area contributed by atoms with Gasteiger partial charge in [-0.2, -0.15) is 13.2 Å². The Hall–Kier alpha value is -4.19. The van der Waals surface area contributed by atoms with Gasteiger partial charge in [0.05, 0.1) is 23.2 Å². The van der Waals surface area contributed by atoms with Crippen LogP contribution in [0.1, 0.15) is 42.9 Å². The Bertz CT molecular complexity index is 1610. The van der Waals surface area contributed by atoms with Crippen LogP contribution < -0.4 is 14.2 Å². The molecule has 1 atom stereocenters. The molecule has 3 heterocycles. The maximum absolute atomic E-state index is 13.7. The van der Waals surface area contributed by atoms with E-state index in [1.807, 2.05) is 13.8 Å². The summed E-state index contributed by atoms with van der Waals surface area (Å²) in [6.45, 7) is 3.95. The smallest absolute Gasteiger partial charge is 0.416 e. The molecule has 1 aliphatic heterocycles. The molecule has 0 saturated carbocycles. The summed E-state index contributed by atoms with van der Waals surface area (Å²) < 4.78 is 80.6. The van der Waals surface area contributed by atoms with Crippen LogP contribution in [0.4, 0.5) is 19.1 Å². The van der Waals surface area contributed by atoms with Crippen molar-refractivity contribution >= 4 is 16.0 Å². The van der Waals surface area contributed by atoms with Gasteiger partial charge in [-0.25, -0.2) is 28.1 Å². The van der Waals surface area contributed by atoms with Crippen molar-refractivity contribution in [2.75, 3.05) is 11.3 Å². The highest BCUT2D eigenvalue weighted by Gasteiger charge is 2.33. The zero-order valence-electron chi connectivity index (χ0n) is 21.5. The highest BCUT2D eigenvalue weighted by Crippen LogP contribution is 2.44. The predicted octanol–water partition coefficient (Wildman–Crippen LogP) is 6.06. The first-order valence-corrected chi connectivity index (χ1v) is 13.9. The number of nitrogens with zero attached hydrogens (tertiary/aromatic N) is 3. The second kappa shape index (κ2) is 10.8. The van der Waals surface area contributed by atoms with Crippen LogP contribution in [0.25, 0.3) is 11.1 Å². The number of anilines is 1. The Morgan fingerprint density at radius 1 is 1.00 bits per heavy atom. The minimum Gasteiger partial charge on any atom is -0.493 e. The lowest BCUT2D eigenvalue weighted by molar-refractivity contribution is -0.137. The lowest BCUT2D eigenvalue weighted by Crippen LogP contribution is -2.19. The van der Waals surface area contributed by atoms with Gasteiger partial charge < -0.3 is 9.47 Å². The third-order valence-electron chi connectivity index (χ3n) is 6.29. The number of alkyl halides is 3. The van der Waals surface area contributed by atoms with Crippen molar-refractivity contribution in [3.8, 4) is 22.8 Å². The van der Waals surface area contributed by atoms with E-state index in [0.29, 0.717) is 40.3 Å². The molecule has 5 rings (SSSR count). The molecule has 2 aromatic carbocycles. The molecule has 0 fully saturated rings. The molecule has 1 N–H and O–H groups in total. The van der Waals surface area contributed by atoms with Crippen LogP contribution in [0.5, 0.6) is 11.6 Å². The molecular weight excluding hydrogens is 545 g/mol. The van der Waals surface area contributed by atoms with E-state index in [-0.39, 0.29) is 29.5 Å². The normalized spacial score (nSPS) is 15.3. The van der Waals surface area contributed by atoms with Crippen molar-refractivity contribution in [2.45, 2.75) is 43.4 Å². The number of benzene rings is 2. The first kappa shape index (κ1) is 27.4. The molecule has 208 valence electrons. The average Bonchev–Trinajstić information content (AvgIpc) is 2.92. The first-order valence-electron chi connectivity index (χ1n) is 12.4. The molecule has 0 unspecified atom stereocenters. The minimum absolute atomic E-state index is 0.0584. The van der Waals surface area contributed by atoms with Gasteiger partial charge in [0.15, 0.2) is 0 Å². The van der Waals surface area contributed by atoms with Crippen LogP contribution in [0.15, 0.2) is 78.1 Å². The van der Waals surface area contributed by atoms with E-state index in [0.717, 1.165) is 12.1 Å². The molecule has 0 saturated heterocycles. The van der Waals surface area contributed by atoms with Crippen LogP contribution >= 0.6 is 0 Å². The zero-order chi connectivity index (χ0) is 28.5. The van der Waals surface area contributed by atoms with Crippen LogP contribution in [0.2, 0.25) is 0 Å². The largest absolute Gasteiger partial charge is 0.493 e. The highest BCUT2D eigenvalue weighted by molar-refractivity contribution is 7.92.